The molecule has 0 N–H and O–H groups in total. The molecular formula is C14H19FO9. The van der Waals surface area contributed by atoms with E-state index in [1.165, 1.54) is 0 Å². The molecule has 136 valence electrons. The van der Waals surface area contributed by atoms with Crippen molar-refractivity contribution in [2.75, 3.05) is 6.67 Å². The van der Waals surface area contributed by atoms with Gasteiger partial charge in [-0.05, 0) is 0 Å². The van der Waals surface area contributed by atoms with Gasteiger partial charge in [-0.25, -0.2) is 4.39 Å². The number of carbonyl (C=O) groups is 4. The number of halogens is 1. The molecule has 9 nitrogen and oxygen atoms in total. The van der Waals surface area contributed by atoms with E-state index in [4.69, 9.17) is 23.7 Å². The van der Waals surface area contributed by atoms with Gasteiger partial charge >= 0.3 is 23.9 Å². The van der Waals surface area contributed by atoms with E-state index >= 15 is 0 Å². The molecule has 0 amide bonds. The molecule has 0 aliphatic carbocycles. The van der Waals surface area contributed by atoms with E-state index in [1.807, 2.05) is 0 Å². The van der Waals surface area contributed by atoms with E-state index in [-0.39, 0.29) is 0 Å². The normalized spacial score (nSPS) is 29.3. The second-order valence-corrected chi connectivity index (χ2v) is 5.03. The molecule has 0 saturated carbocycles. The van der Waals surface area contributed by atoms with Gasteiger partial charge in [0.25, 0.3) is 0 Å². The summed E-state index contributed by atoms with van der Waals surface area (Å²) in [6, 6.07) is 0. The molecule has 10 heteroatoms. The molecular weight excluding hydrogens is 331 g/mol. The molecule has 5 atom stereocenters. The van der Waals surface area contributed by atoms with Crippen molar-refractivity contribution in [1.29, 1.82) is 0 Å². The SMILES string of the molecule is CC(=O)OC1O[C@@H](CF)[C@@H](OC(C)=O)[C@@H](OC(C)=O)[C@H]1OC(C)=O. The molecule has 1 aliphatic rings. The fraction of sp³-hybridized carbons (Fsp3) is 0.714. The predicted octanol–water partition coefficient (Wildman–Crippen LogP) is 0.0390. The zero-order chi connectivity index (χ0) is 18.4. The summed E-state index contributed by atoms with van der Waals surface area (Å²) in [6.07, 6.45) is -7.12. The maximum atomic E-state index is 13.3. The standard InChI is InChI=1S/C14H19FO9/c1-6(16)20-11-10(5-15)24-14(23-9(4)19)13(22-8(3)18)12(11)21-7(2)17/h10-14H,5H2,1-4H3/t10-,11+,12+,13+,14?/m0/s1. The summed E-state index contributed by atoms with van der Waals surface area (Å²) in [7, 11) is 0. The topological polar surface area (TPSA) is 114 Å². The van der Waals surface area contributed by atoms with Crippen LogP contribution in [-0.4, -0.2) is 61.3 Å². The lowest BCUT2D eigenvalue weighted by atomic mass is 9.98. The molecule has 0 aromatic carbocycles. The van der Waals surface area contributed by atoms with Gasteiger partial charge in [0.15, 0.2) is 12.2 Å². The second kappa shape index (κ2) is 8.57. The van der Waals surface area contributed by atoms with Crippen molar-refractivity contribution in [2.45, 2.75) is 58.4 Å². The van der Waals surface area contributed by atoms with Crippen LogP contribution in [0.2, 0.25) is 0 Å². The van der Waals surface area contributed by atoms with Crippen LogP contribution in [-0.2, 0) is 42.9 Å². The van der Waals surface area contributed by atoms with Crippen molar-refractivity contribution in [3.05, 3.63) is 0 Å². The fourth-order valence-corrected chi connectivity index (χ4v) is 2.24. The Kier molecular flexibility index (Phi) is 7.08. The lowest BCUT2D eigenvalue weighted by molar-refractivity contribution is -0.297. The molecule has 0 spiro atoms. The second-order valence-electron chi connectivity index (χ2n) is 5.03. The smallest absolute Gasteiger partial charge is 0.305 e. The minimum absolute atomic E-state index is 0.785. The summed E-state index contributed by atoms with van der Waals surface area (Å²) in [5, 5.41) is 0. The van der Waals surface area contributed by atoms with Crippen molar-refractivity contribution in [3.63, 3.8) is 0 Å². The van der Waals surface area contributed by atoms with Gasteiger partial charge in [-0.15, -0.1) is 0 Å². The van der Waals surface area contributed by atoms with Crippen LogP contribution in [0.3, 0.4) is 0 Å². The van der Waals surface area contributed by atoms with Crippen molar-refractivity contribution < 1.29 is 47.3 Å². The minimum Gasteiger partial charge on any atom is -0.456 e. The van der Waals surface area contributed by atoms with Crippen molar-refractivity contribution >= 4 is 23.9 Å². The Hall–Kier alpha value is -2.23. The summed E-state index contributed by atoms with van der Waals surface area (Å²) in [5.41, 5.74) is 0. The Balaban J connectivity index is 3.23. The quantitative estimate of drug-likeness (QED) is 0.500. The van der Waals surface area contributed by atoms with Crippen molar-refractivity contribution in [3.8, 4) is 0 Å². The highest BCUT2D eigenvalue weighted by Gasteiger charge is 2.53. The lowest BCUT2D eigenvalue weighted by Gasteiger charge is -2.43. The Morgan fingerprint density at radius 3 is 1.58 bits per heavy atom. The number of carbonyl (C=O) groups excluding carboxylic acids is 4. The zero-order valence-electron chi connectivity index (χ0n) is 13.6. The van der Waals surface area contributed by atoms with Gasteiger partial charge < -0.3 is 23.7 Å². The summed E-state index contributed by atoms with van der Waals surface area (Å²) in [6.45, 7) is 3.14. The molecule has 1 heterocycles. The first kappa shape index (κ1) is 19.8. The molecule has 1 saturated heterocycles. The summed E-state index contributed by atoms with van der Waals surface area (Å²) in [5.74, 6) is -3.16. The molecule has 0 bridgehead atoms. The molecule has 1 fully saturated rings. The van der Waals surface area contributed by atoms with Gasteiger partial charge in [-0.3, -0.25) is 19.2 Å². The van der Waals surface area contributed by atoms with Gasteiger partial charge in [0.05, 0.1) is 0 Å². The molecule has 0 aromatic heterocycles. The van der Waals surface area contributed by atoms with E-state index in [0.29, 0.717) is 0 Å². The Bertz CT molecular complexity index is 506. The van der Waals surface area contributed by atoms with Crippen LogP contribution >= 0.6 is 0 Å². The van der Waals surface area contributed by atoms with Gasteiger partial charge in [0, 0.05) is 27.7 Å². The summed E-state index contributed by atoms with van der Waals surface area (Å²) >= 11 is 0. The number of alkyl halides is 1. The molecule has 1 unspecified atom stereocenters. The lowest BCUT2D eigenvalue weighted by Crippen LogP contribution is -2.62. The number of hydrogen-bond acceptors (Lipinski definition) is 9. The highest BCUT2D eigenvalue weighted by atomic mass is 19.1. The first-order valence-electron chi connectivity index (χ1n) is 7.06. The third-order valence-corrected chi connectivity index (χ3v) is 2.93. The highest BCUT2D eigenvalue weighted by molar-refractivity contribution is 5.69. The number of rotatable bonds is 5. The minimum atomic E-state index is -1.52. The van der Waals surface area contributed by atoms with Crippen LogP contribution in [0.5, 0.6) is 0 Å². The van der Waals surface area contributed by atoms with Crippen LogP contribution in [0, 0.1) is 0 Å². The first-order valence-corrected chi connectivity index (χ1v) is 7.06. The predicted molar refractivity (Wildman–Crippen MR) is 73.1 cm³/mol. The van der Waals surface area contributed by atoms with E-state index in [1.54, 1.807) is 0 Å². The van der Waals surface area contributed by atoms with Gasteiger partial charge in [0.1, 0.15) is 12.8 Å². The number of esters is 4. The van der Waals surface area contributed by atoms with E-state index in [0.717, 1.165) is 27.7 Å². The van der Waals surface area contributed by atoms with Gasteiger partial charge in [0.2, 0.25) is 12.4 Å². The van der Waals surface area contributed by atoms with Crippen LogP contribution in [0.15, 0.2) is 0 Å². The van der Waals surface area contributed by atoms with E-state index in [2.05, 4.69) is 0 Å². The van der Waals surface area contributed by atoms with Crippen molar-refractivity contribution in [1.82, 2.24) is 0 Å². The average Bonchev–Trinajstić information content (AvgIpc) is 2.42. The summed E-state index contributed by atoms with van der Waals surface area (Å²) < 4.78 is 38.4. The molecule has 1 rings (SSSR count). The zero-order valence-corrected chi connectivity index (χ0v) is 13.6. The highest BCUT2D eigenvalue weighted by Crippen LogP contribution is 2.29. The monoisotopic (exact) mass is 350 g/mol. The van der Waals surface area contributed by atoms with E-state index in [9.17, 15) is 23.6 Å². The maximum absolute atomic E-state index is 13.3. The average molecular weight is 350 g/mol. The molecule has 24 heavy (non-hydrogen) atoms. The fourth-order valence-electron chi connectivity index (χ4n) is 2.24. The van der Waals surface area contributed by atoms with Gasteiger partial charge in [-0.1, -0.05) is 0 Å². The molecule has 1 aliphatic heterocycles. The van der Waals surface area contributed by atoms with Crippen LogP contribution in [0.1, 0.15) is 27.7 Å². The van der Waals surface area contributed by atoms with Gasteiger partial charge in [-0.2, -0.15) is 0 Å². The van der Waals surface area contributed by atoms with Crippen LogP contribution in [0.4, 0.5) is 4.39 Å². The third kappa shape index (κ3) is 5.44. The van der Waals surface area contributed by atoms with Crippen LogP contribution < -0.4 is 0 Å². The Morgan fingerprint density at radius 2 is 1.17 bits per heavy atom. The first-order chi connectivity index (χ1) is 11.1. The Morgan fingerprint density at radius 1 is 0.750 bits per heavy atom. The van der Waals surface area contributed by atoms with Crippen molar-refractivity contribution in [2.24, 2.45) is 0 Å². The number of ether oxygens (including phenoxy) is 5. The Labute approximate surface area is 137 Å². The van der Waals surface area contributed by atoms with Crippen LogP contribution in [0.25, 0.3) is 0 Å². The summed E-state index contributed by atoms with van der Waals surface area (Å²) in [4.78, 5) is 45.1. The maximum Gasteiger partial charge on any atom is 0.305 e. The largest absolute Gasteiger partial charge is 0.456 e. The molecule has 0 radical (unpaired) electrons. The van der Waals surface area contributed by atoms with E-state index < -0.39 is 61.3 Å². The third-order valence-electron chi connectivity index (χ3n) is 2.93. The molecule has 0 aromatic rings. The number of hydrogen-bond donors (Lipinski definition) is 0.